The zero-order valence-electron chi connectivity index (χ0n) is 13.7. The van der Waals surface area contributed by atoms with E-state index in [1.165, 1.54) is 0 Å². The zero-order chi connectivity index (χ0) is 16.0. The summed E-state index contributed by atoms with van der Waals surface area (Å²) in [6, 6.07) is 5.37. The van der Waals surface area contributed by atoms with Gasteiger partial charge in [-0.3, -0.25) is 10.1 Å². The number of nitro benzene ring substituents is 1. The Labute approximate surface area is 127 Å². The predicted octanol–water partition coefficient (Wildman–Crippen LogP) is 4.51. The summed E-state index contributed by atoms with van der Waals surface area (Å²) in [6.07, 6.45) is 0.926. The first-order valence-corrected chi connectivity index (χ1v) is 7.52. The van der Waals surface area contributed by atoms with Crippen molar-refractivity contribution in [1.29, 1.82) is 0 Å². The Bertz CT molecular complexity index is 481. The van der Waals surface area contributed by atoms with Gasteiger partial charge in [0.2, 0.25) is 0 Å². The van der Waals surface area contributed by atoms with Gasteiger partial charge >= 0.3 is 5.69 Å². The molecule has 1 unspecified atom stereocenters. The summed E-state index contributed by atoms with van der Waals surface area (Å²) in [7, 11) is 0. The zero-order valence-corrected chi connectivity index (χ0v) is 13.7. The van der Waals surface area contributed by atoms with Crippen LogP contribution in [0.15, 0.2) is 18.2 Å². The molecule has 0 saturated heterocycles. The molecule has 0 aliphatic heterocycles. The summed E-state index contributed by atoms with van der Waals surface area (Å²) < 4.78 is 0. The molecule has 1 aromatic carbocycles. The lowest BCUT2D eigenvalue weighted by Gasteiger charge is -2.27. The van der Waals surface area contributed by atoms with Crippen molar-refractivity contribution in [2.45, 2.75) is 41.0 Å². The van der Waals surface area contributed by atoms with Crippen LogP contribution < -0.4 is 10.6 Å². The van der Waals surface area contributed by atoms with Crippen molar-refractivity contribution in [3.8, 4) is 0 Å². The first-order valence-electron chi connectivity index (χ1n) is 7.52. The number of hydrogen-bond acceptors (Lipinski definition) is 4. The minimum atomic E-state index is -0.317. The number of benzene rings is 1. The van der Waals surface area contributed by atoms with E-state index < -0.39 is 0 Å². The second-order valence-electron chi connectivity index (χ2n) is 6.53. The molecule has 0 heterocycles. The number of hydrogen-bond donors (Lipinski definition) is 2. The Morgan fingerprint density at radius 1 is 1.24 bits per heavy atom. The van der Waals surface area contributed by atoms with Crippen LogP contribution in [0.1, 0.15) is 41.0 Å². The Morgan fingerprint density at radius 3 is 2.29 bits per heavy atom. The van der Waals surface area contributed by atoms with Crippen LogP contribution >= 0.6 is 0 Å². The number of rotatable bonds is 7. The van der Waals surface area contributed by atoms with E-state index in [1.807, 2.05) is 13.0 Å². The fourth-order valence-corrected chi connectivity index (χ4v) is 1.85. The summed E-state index contributed by atoms with van der Waals surface area (Å²) >= 11 is 0. The Balaban J connectivity index is 2.93. The summed E-state index contributed by atoms with van der Waals surface area (Å²) in [4.78, 5) is 11.1. The van der Waals surface area contributed by atoms with Gasteiger partial charge in [-0.2, -0.15) is 0 Å². The van der Waals surface area contributed by atoms with Crippen molar-refractivity contribution >= 4 is 17.1 Å². The Morgan fingerprint density at radius 2 is 1.81 bits per heavy atom. The smallest absolute Gasteiger partial charge is 0.315 e. The average molecular weight is 293 g/mol. The summed E-state index contributed by atoms with van der Waals surface area (Å²) in [6.45, 7) is 12.1. The highest BCUT2D eigenvalue weighted by molar-refractivity contribution is 5.76. The first-order chi connectivity index (χ1) is 9.77. The number of nitrogens with zero attached hydrogens (tertiary/aromatic N) is 1. The van der Waals surface area contributed by atoms with E-state index in [1.54, 1.807) is 12.1 Å². The van der Waals surface area contributed by atoms with E-state index >= 15 is 0 Å². The van der Waals surface area contributed by atoms with Gasteiger partial charge in [-0.05, 0) is 29.9 Å². The lowest BCUT2D eigenvalue weighted by Crippen LogP contribution is -2.25. The van der Waals surface area contributed by atoms with Crippen LogP contribution in [-0.4, -0.2) is 18.0 Å². The molecule has 118 valence electrons. The molecule has 0 fully saturated rings. The third-order valence-electron chi connectivity index (χ3n) is 3.86. The van der Waals surface area contributed by atoms with Crippen molar-refractivity contribution < 1.29 is 4.92 Å². The van der Waals surface area contributed by atoms with E-state index in [2.05, 4.69) is 38.3 Å². The second-order valence-corrected chi connectivity index (χ2v) is 6.53. The van der Waals surface area contributed by atoms with Crippen LogP contribution in [0, 0.1) is 21.4 Å². The molecule has 21 heavy (non-hydrogen) atoms. The fraction of sp³-hybridized carbons (Fsp3) is 0.625. The Hall–Kier alpha value is -1.78. The summed E-state index contributed by atoms with van der Waals surface area (Å²) in [5.41, 5.74) is 1.46. The molecule has 0 aromatic heterocycles. The van der Waals surface area contributed by atoms with Crippen LogP contribution in [0.3, 0.4) is 0 Å². The quantitative estimate of drug-likeness (QED) is 0.573. The molecule has 2 N–H and O–H groups in total. The van der Waals surface area contributed by atoms with Crippen LogP contribution in [0.2, 0.25) is 0 Å². The topological polar surface area (TPSA) is 67.2 Å². The molecular formula is C16H27N3O2. The van der Waals surface area contributed by atoms with Gasteiger partial charge in [0, 0.05) is 13.1 Å². The largest absolute Gasteiger partial charge is 0.379 e. The lowest BCUT2D eigenvalue weighted by molar-refractivity contribution is -0.383. The highest BCUT2D eigenvalue weighted by Gasteiger charge is 2.23. The first kappa shape index (κ1) is 17.3. The van der Waals surface area contributed by atoms with E-state index in [9.17, 15) is 10.1 Å². The molecule has 0 amide bonds. The molecule has 0 aliphatic carbocycles. The third-order valence-corrected chi connectivity index (χ3v) is 3.86. The van der Waals surface area contributed by atoms with Crippen LogP contribution in [0.5, 0.6) is 0 Å². The summed E-state index contributed by atoms with van der Waals surface area (Å²) in [5.74, 6) is 0.407. The molecule has 1 rings (SSSR count). The van der Waals surface area contributed by atoms with E-state index in [0.717, 1.165) is 13.0 Å². The van der Waals surface area contributed by atoms with Crippen LogP contribution in [0.4, 0.5) is 17.1 Å². The van der Waals surface area contributed by atoms with Gasteiger partial charge in [-0.1, -0.05) is 40.7 Å². The number of nitro groups is 1. The SMILES string of the molecule is CCCNc1cccc(NCC(C)C(C)(C)C)c1[N+](=O)[O-]. The minimum Gasteiger partial charge on any atom is -0.379 e. The van der Waals surface area contributed by atoms with E-state index in [-0.39, 0.29) is 16.0 Å². The number of para-hydroxylation sites is 1. The maximum absolute atomic E-state index is 11.4. The molecule has 1 atom stereocenters. The summed E-state index contributed by atoms with van der Waals surface area (Å²) in [5, 5.41) is 17.7. The van der Waals surface area contributed by atoms with E-state index in [4.69, 9.17) is 0 Å². The van der Waals surface area contributed by atoms with Gasteiger partial charge in [0.15, 0.2) is 0 Å². The second kappa shape index (κ2) is 7.29. The van der Waals surface area contributed by atoms with Gasteiger partial charge in [-0.15, -0.1) is 0 Å². The normalized spacial score (nSPS) is 12.8. The lowest BCUT2D eigenvalue weighted by atomic mass is 9.82. The van der Waals surface area contributed by atoms with Gasteiger partial charge in [0.05, 0.1) is 4.92 Å². The van der Waals surface area contributed by atoms with Crippen molar-refractivity contribution in [3.63, 3.8) is 0 Å². The molecule has 1 aromatic rings. The van der Waals surface area contributed by atoms with Crippen LogP contribution in [-0.2, 0) is 0 Å². The number of nitrogens with one attached hydrogen (secondary N) is 2. The van der Waals surface area contributed by atoms with Crippen molar-refractivity contribution in [1.82, 2.24) is 0 Å². The highest BCUT2D eigenvalue weighted by atomic mass is 16.6. The molecular weight excluding hydrogens is 266 g/mol. The third kappa shape index (κ3) is 4.92. The molecule has 0 spiro atoms. The maximum atomic E-state index is 11.4. The van der Waals surface area contributed by atoms with Gasteiger partial charge in [-0.25, -0.2) is 0 Å². The van der Waals surface area contributed by atoms with Crippen LogP contribution in [0.25, 0.3) is 0 Å². The van der Waals surface area contributed by atoms with Gasteiger partial charge < -0.3 is 10.6 Å². The van der Waals surface area contributed by atoms with E-state index in [0.29, 0.717) is 23.8 Å². The molecule has 0 radical (unpaired) electrons. The van der Waals surface area contributed by atoms with Gasteiger partial charge in [0.25, 0.3) is 0 Å². The standard InChI is InChI=1S/C16H27N3O2/c1-6-10-17-13-8-7-9-14(15(13)19(20)21)18-11-12(2)16(3,4)5/h7-9,12,17-18H,6,10-11H2,1-5H3. The van der Waals surface area contributed by atoms with Crippen molar-refractivity contribution in [2.75, 3.05) is 23.7 Å². The van der Waals surface area contributed by atoms with Gasteiger partial charge in [0.1, 0.15) is 11.4 Å². The highest BCUT2D eigenvalue weighted by Crippen LogP contribution is 2.34. The molecule has 0 aliphatic rings. The van der Waals surface area contributed by atoms with Crippen molar-refractivity contribution in [3.05, 3.63) is 28.3 Å². The molecule has 5 nitrogen and oxygen atoms in total. The monoisotopic (exact) mass is 293 g/mol. The fourth-order valence-electron chi connectivity index (χ4n) is 1.85. The average Bonchev–Trinajstić information content (AvgIpc) is 2.40. The number of anilines is 2. The maximum Gasteiger partial charge on any atom is 0.315 e. The Kier molecular flexibility index (Phi) is 6.00. The minimum absolute atomic E-state index is 0.132. The molecule has 5 heteroatoms. The molecule has 0 bridgehead atoms. The molecule has 0 saturated carbocycles. The predicted molar refractivity (Wildman–Crippen MR) is 89.0 cm³/mol. The van der Waals surface area contributed by atoms with Crippen molar-refractivity contribution in [2.24, 2.45) is 11.3 Å².